The third-order valence-corrected chi connectivity index (χ3v) is 4.52. The lowest BCUT2D eigenvalue weighted by atomic mass is 9.75. The van der Waals surface area contributed by atoms with E-state index in [1.165, 1.54) is 12.8 Å². The van der Waals surface area contributed by atoms with Crippen molar-refractivity contribution in [2.45, 2.75) is 40.5 Å². The first-order valence-electron chi connectivity index (χ1n) is 7.31. The summed E-state index contributed by atoms with van der Waals surface area (Å²) in [6, 6.07) is 3.97. The number of aryl methyl sites for hydroxylation is 1. The zero-order valence-electron chi connectivity index (χ0n) is 12.9. The molecule has 1 fully saturated rings. The largest absolute Gasteiger partial charge is 0.389 e. The molecule has 20 heavy (non-hydrogen) atoms. The second-order valence-electron chi connectivity index (χ2n) is 6.82. The molecule has 4 heteroatoms. The number of nitrogens with zero attached hydrogens (tertiary/aromatic N) is 2. The Labute approximate surface area is 127 Å². The van der Waals surface area contributed by atoms with Crippen molar-refractivity contribution in [1.29, 1.82) is 0 Å². The maximum atomic E-state index is 5.83. The van der Waals surface area contributed by atoms with E-state index in [1.807, 2.05) is 19.1 Å². The number of anilines is 1. The summed E-state index contributed by atoms with van der Waals surface area (Å²) in [6.07, 6.45) is 2.41. The molecule has 0 amide bonds. The molecule has 2 rings (SSSR count). The molecule has 0 aliphatic carbocycles. The van der Waals surface area contributed by atoms with E-state index in [-0.39, 0.29) is 0 Å². The van der Waals surface area contributed by atoms with E-state index in [2.05, 4.69) is 30.7 Å². The first-order chi connectivity index (χ1) is 9.29. The van der Waals surface area contributed by atoms with Crippen molar-refractivity contribution in [1.82, 2.24) is 4.98 Å². The van der Waals surface area contributed by atoms with Gasteiger partial charge in [-0.15, -0.1) is 0 Å². The van der Waals surface area contributed by atoms with Crippen LogP contribution in [-0.4, -0.2) is 23.1 Å². The summed E-state index contributed by atoms with van der Waals surface area (Å²) in [6.45, 7) is 11.1. The number of nitrogens with two attached hydrogens (primary N) is 1. The van der Waals surface area contributed by atoms with Gasteiger partial charge in [-0.3, -0.25) is 0 Å². The lowest BCUT2D eigenvalue weighted by molar-refractivity contribution is 0.198. The molecule has 0 saturated carbocycles. The summed E-state index contributed by atoms with van der Waals surface area (Å²) in [4.78, 5) is 7.44. The molecule has 0 radical (unpaired) electrons. The van der Waals surface area contributed by atoms with Gasteiger partial charge in [-0.05, 0) is 43.2 Å². The molecular weight excluding hydrogens is 266 g/mol. The minimum atomic E-state index is 0.387. The van der Waals surface area contributed by atoms with Crippen molar-refractivity contribution in [2.75, 3.05) is 18.0 Å². The summed E-state index contributed by atoms with van der Waals surface area (Å²) in [5, 5.41) is 0. The van der Waals surface area contributed by atoms with Crippen LogP contribution in [0.15, 0.2) is 12.1 Å². The van der Waals surface area contributed by atoms with Gasteiger partial charge in [0, 0.05) is 18.8 Å². The maximum Gasteiger partial charge on any atom is 0.139 e. The first kappa shape index (κ1) is 15.2. The topological polar surface area (TPSA) is 42.1 Å². The van der Waals surface area contributed by atoms with Gasteiger partial charge in [0.05, 0.1) is 5.56 Å². The number of pyridine rings is 1. The second kappa shape index (κ2) is 5.68. The first-order valence-corrected chi connectivity index (χ1v) is 7.72. The van der Waals surface area contributed by atoms with Crippen molar-refractivity contribution in [3.8, 4) is 0 Å². The van der Waals surface area contributed by atoms with Crippen molar-refractivity contribution in [2.24, 2.45) is 17.1 Å². The fraction of sp³-hybridized carbons (Fsp3) is 0.625. The third-order valence-electron chi connectivity index (χ3n) is 4.30. The fourth-order valence-corrected chi connectivity index (χ4v) is 3.09. The Morgan fingerprint density at radius 2 is 1.90 bits per heavy atom. The smallest absolute Gasteiger partial charge is 0.139 e. The molecule has 1 aromatic heterocycles. The molecule has 1 saturated heterocycles. The normalized spacial score (nSPS) is 17.3. The minimum Gasteiger partial charge on any atom is -0.389 e. The average Bonchev–Trinajstić information content (AvgIpc) is 2.37. The van der Waals surface area contributed by atoms with Gasteiger partial charge in [0.25, 0.3) is 0 Å². The highest BCUT2D eigenvalue weighted by atomic mass is 32.1. The fourth-order valence-electron chi connectivity index (χ4n) is 2.93. The number of aromatic nitrogens is 1. The molecule has 2 heterocycles. The molecule has 1 aromatic rings. The second-order valence-corrected chi connectivity index (χ2v) is 7.26. The molecule has 0 bridgehead atoms. The van der Waals surface area contributed by atoms with Crippen molar-refractivity contribution in [3.05, 3.63) is 23.4 Å². The number of rotatable bonds is 2. The van der Waals surface area contributed by atoms with Crippen LogP contribution in [0.1, 0.15) is 44.9 Å². The van der Waals surface area contributed by atoms with Crippen LogP contribution in [0.25, 0.3) is 0 Å². The average molecular weight is 291 g/mol. The lowest BCUT2D eigenvalue weighted by Gasteiger charge is -2.39. The Balaban J connectivity index is 2.18. The number of thiocarbonyl (C=S) groups is 1. The molecule has 1 aliphatic rings. The van der Waals surface area contributed by atoms with Gasteiger partial charge < -0.3 is 10.6 Å². The SMILES string of the molecule is Cc1ccc(C(N)=S)c(N2CCC(C(C)(C)C)CC2)n1. The van der Waals surface area contributed by atoms with Crippen molar-refractivity contribution < 1.29 is 0 Å². The van der Waals surface area contributed by atoms with E-state index >= 15 is 0 Å². The molecule has 110 valence electrons. The van der Waals surface area contributed by atoms with Crippen LogP contribution >= 0.6 is 12.2 Å². The van der Waals surface area contributed by atoms with E-state index in [0.29, 0.717) is 10.4 Å². The van der Waals surface area contributed by atoms with Gasteiger partial charge >= 0.3 is 0 Å². The van der Waals surface area contributed by atoms with Gasteiger partial charge in [-0.1, -0.05) is 33.0 Å². The van der Waals surface area contributed by atoms with Crippen LogP contribution in [0, 0.1) is 18.3 Å². The van der Waals surface area contributed by atoms with Crippen molar-refractivity contribution >= 4 is 23.0 Å². The summed E-state index contributed by atoms with van der Waals surface area (Å²) >= 11 is 5.16. The van der Waals surface area contributed by atoms with E-state index in [4.69, 9.17) is 18.0 Å². The summed E-state index contributed by atoms with van der Waals surface area (Å²) in [5.74, 6) is 1.74. The summed E-state index contributed by atoms with van der Waals surface area (Å²) < 4.78 is 0. The number of hydrogen-bond acceptors (Lipinski definition) is 3. The van der Waals surface area contributed by atoms with Crippen molar-refractivity contribution in [3.63, 3.8) is 0 Å². The van der Waals surface area contributed by atoms with Gasteiger partial charge in [0.1, 0.15) is 10.8 Å². The molecule has 1 aliphatic heterocycles. The van der Waals surface area contributed by atoms with Crippen LogP contribution < -0.4 is 10.6 Å². The lowest BCUT2D eigenvalue weighted by Crippen LogP contribution is -2.39. The van der Waals surface area contributed by atoms with E-state index in [9.17, 15) is 0 Å². The van der Waals surface area contributed by atoms with E-state index in [0.717, 1.165) is 36.1 Å². The number of hydrogen-bond donors (Lipinski definition) is 1. The zero-order valence-corrected chi connectivity index (χ0v) is 13.8. The molecule has 0 atom stereocenters. The van der Waals surface area contributed by atoms with E-state index in [1.54, 1.807) is 0 Å². The van der Waals surface area contributed by atoms with Gasteiger partial charge in [0.2, 0.25) is 0 Å². The third kappa shape index (κ3) is 3.29. The molecule has 3 nitrogen and oxygen atoms in total. The molecular formula is C16H25N3S. The van der Waals surface area contributed by atoms with Crippen LogP contribution in [0.4, 0.5) is 5.82 Å². The quantitative estimate of drug-likeness (QED) is 0.849. The summed E-state index contributed by atoms with van der Waals surface area (Å²) in [7, 11) is 0. The monoisotopic (exact) mass is 291 g/mol. The molecule has 2 N–H and O–H groups in total. The Morgan fingerprint density at radius 3 is 2.40 bits per heavy atom. The molecule has 0 aromatic carbocycles. The molecule has 0 spiro atoms. The van der Waals surface area contributed by atoms with Gasteiger partial charge in [-0.25, -0.2) is 4.98 Å². The van der Waals surface area contributed by atoms with Crippen LogP contribution in [-0.2, 0) is 0 Å². The predicted octanol–water partition coefficient (Wildman–Crippen LogP) is 3.29. The zero-order chi connectivity index (χ0) is 14.9. The van der Waals surface area contributed by atoms with Gasteiger partial charge in [-0.2, -0.15) is 0 Å². The number of piperidine rings is 1. The standard InChI is InChI=1S/C16H25N3S/c1-11-5-6-13(14(17)20)15(18-11)19-9-7-12(8-10-19)16(2,3)4/h5-6,12H,7-10H2,1-4H3,(H2,17,20). The Kier molecular flexibility index (Phi) is 4.33. The Morgan fingerprint density at radius 1 is 1.30 bits per heavy atom. The van der Waals surface area contributed by atoms with Gasteiger partial charge in [0.15, 0.2) is 0 Å². The van der Waals surface area contributed by atoms with E-state index < -0.39 is 0 Å². The Hall–Kier alpha value is -1.16. The Bertz CT molecular complexity index is 497. The molecule has 0 unspecified atom stereocenters. The highest BCUT2D eigenvalue weighted by Gasteiger charge is 2.30. The van der Waals surface area contributed by atoms with Crippen LogP contribution in [0.5, 0.6) is 0 Å². The van der Waals surface area contributed by atoms with Crippen LogP contribution in [0.2, 0.25) is 0 Å². The maximum absolute atomic E-state index is 5.83. The predicted molar refractivity (Wildman–Crippen MR) is 89.3 cm³/mol. The minimum absolute atomic E-state index is 0.387. The highest BCUT2D eigenvalue weighted by Crippen LogP contribution is 2.35. The highest BCUT2D eigenvalue weighted by molar-refractivity contribution is 7.80. The van der Waals surface area contributed by atoms with Crippen LogP contribution in [0.3, 0.4) is 0 Å². The summed E-state index contributed by atoms with van der Waals surface area (Å²) in [5.41, 5.74) is 8.13.